The van der Waals surface area contributed by atoms with E-state index in [1.165, 1.54) is 24.6 Å². The van der Waals surface area contributed by atoms with Crippen molar-refractivity contribution in [3.05, 3.63) is 88.8 Å². The van der Waals surface area contributed by atoms with Crippen LogP contribution < -0.4 is 4.74 Å². The van der Waals surface area contributed by atoms with Gasteiger partial charge in [0.15, 0.2) is 11.6 Å². The quantitative estimate of drug-likeness (QED) is 0.218. The lowest BCUT2D eigenvalue weighted by Gasteiger charge is -2.42. The van der Waals surface area contributed by atoms with Gasteiger partial charge in [0.05, 0.1) is 5.56 Å². The summed E-state index contributed by atoms with van der Waals surface area (Å²) in [5.41, 5.74) is 0.364. The van der Waals surface area contributed by atoms with Gasteiger partial charge < -0.3 is 4.74 Å². The lowest BCUT2D eigenvalue weighted by Crippen LogP contribution is -2.30. The van der Waals surface area contributed by atoms with E-state index < -0.39 is 29.0 Å². The van der Waals surface area contributed by atoms with Crippen molar-refractivity contribution < 1.29 is 22.7 Å². The molecule has 0 saturated heterocycles. The first-order valence-electron chi connectivity index (χ1n) is 13.1. The van der Waals surface area contributed by atoms with Crippen LogP contribution in [-0.4, -0.2) is 5.97 Å². The minimum Gasteiger partial charge on any atom is -0.423 e. The van der Waals surface area contributed by atoms with E-state index in [0.29, 0.717) is 41.7 Å². The van der Waals surface area contributed by atoms with E-state index in [0.717, 1.165) is 38.2 Å². The van der Waals surface area contributed by atoms with Gasteiger partial charge >= 0.3 is 5.97 Å². The van der Waals surface area contributed by atoms with Crippen molar-refractivity contribution >= 4 is 5.97 Å². The Labute approximate surface area is 212 Å². The molecular weight excluding hydrogens is 461 g/mol. The number of halogens is 3. The Morgan fingerprint density at radius 3 is 2.47 bits per heavy atom. The van der Waals surface area contributed by atoms with Gasteiger partial charge in [-0.15, -0.1) is 0 Å². The molecule has 0 aromatic heterocycles. The highest BCUT2D eigenvalue weighted by Gasteiger charge is 2.36. The Kier molecular flexibility index (Phi) is 8.71. The maximum Gasteiger partial charge on any atom is 0.346 e. The van der Waals surface area contributed by atoms with Crippen LogP contribution in [0.4, 0.5) is 13.2 Å². The molecule has 36 heavy (non-hydrogen) atoms. The fourth-order valence-corrected chi connectivity index (χ4v) is 6.05. The van der Waals surface area contributed by atoms with Crippen molar-refractivity contribution in [1.82, 2.24) is 0 Å². The minimum atomic E-state index is -1.19. The molecule has 2 aromatic carbocycles. The van der Waals surface area contributed by atoms with Crippen molar-refractivity contribution in [2.45, 2.75) is 71.1 Å². The lowest BCUT2D eigenvalue weighted by atomic mass is 9.64. The summed E-state index contributed by atoms with van der Waals surface area (Å²) in [5.74, 6) is -1.97. The Morgan fingerprint density at radius 1 is 0.944 bits per heavy atom. The molecule has 4 unspecified atom stereocenters. The summed E-state index contributed by atoms with van der Waals surface area (Å²) in [6.45, 7) is 3.95. The van der Waals surface area contributed by atoms with Crippen molar-refractivity contribution in [3.63, 3.8) is 0 Å². The molecule has 0 spiro atoms. The third-order valence-electron chi connectivity index (χ3n) is 7.94. The van der Waals surface area contributed by atoms with Gasteiger partial charge in [0.25, 0.3) is 0 Å². The molecule has 0 aliphatic heterocycles. The van der Waals surface area contributed by atoms with Crippen LogP contribution in [0.2, 0.25) is 0 Å². The summed E-state index contributed by atoms with van der Waals surface area (Å²) in [4.78, 5) is 12.6. The summed E-state index contributed by atoms with van der Waals surface area (Å²) in [7, 11) is 0. The number of allylic oxidation sites excluding steroid dienone is 4. The molecule has 2 fully saturated rings. The number of benzene rings is 2. The smallest absolute Gasteiger partial charge is 0.346 e. The number of hydrogen-bond acceptors (Lipinski definition) is 2. The highest BCUT2D eigenvalue weighted by Crippen LogP contribution is 2.48. The number of esters is 1. The number of rotatable bonds is 7. The third-order valence-corrected chi connectivity index (χ3v) is 7.94. The van der Waals surface area contributed by atoms with Gasteiger partial charge in [-0.05, 0) is 112 Å². The second kappa shape index (κ2) is 11.9. The standard InChI is InChI=1S/C31H35F3O2/c1-3-5-6-8-21-13-14-25(19-28(21)32)36-31(35)27-16-15-26(29(33)30(27)34)24-12-11-22-17-20(7-4-2)9-10-23(22)18-24/h3-5,7,13-16,19-20,22-24H,6,8-12,17-18H2,1-2H3/b5-3+,7-4+. The summed E-state index contributed by atoms with van der Waals surface area (Å²) >= 11 is 0. The molecule has 2 aliphatic carbocycles. The van der Waals surface area contributed by atoms with Gasteiger partial charge in [0, 0.05) is 6.07 Å². The van der Waals surface area contributed by atoms with E-state index in [1.54, 1.807) is 6.07 Å². The molecule has 0 bridgehead atoms. The van der Waals surface area contributed by atoms with E-state index in [-0.39, 0.29) is 11.7 Å². The normalized spacial score (nSPS) is 24.2. The number of fused-ring (bicyclic) bond motifs is 1. The first kappa shape index (κ1) is 26.2. The van der Waals surface area contributed by atoms with Crippen LogP contribution >= 0.6 is 0 Å². The second-order valence-electron chi connectivity index (χ2n) is 10.2. The SMILES string of the molecule is C/C=C/CCc1ccc(OC(=O)c2ccc(C3CCC4CC(/C=C/C)CCC4C3)c(F)c2F)cc1F. The molecule has 0 heterocycles. The largest absolute Gasteiger partial charge is 0.423 e. The molecule has 2 nitrogen and oxygen atoms in total. The Morgan fingerprint density at radius 2 is 1.72 bits per heavy atom. The zero-order valence-corrected chi connectivity index (χ0v) is 21.1. The molecule has 192 valence electrons. The van der Waals surface area contributed by atoms with E-state index in [4.69, 9.17) is 4.74 Å². The van der Waals surface area contributed by atoms with Crippen LogP contribution in [0.15, 0.2) is 54.6 Å². The summed E-state index contributed by atoms with van der Waals surface area (Å²) in [6, 6.07) is 6.94. The summed E-state index contributed by atoms with van der Waals surface area (Å²) < 4.78 is 49.7. The summed E-state index contributed by atoms with van der Waals surface area (Å²) in [6.07, 6.45) is 15.6. The van der Waals surface area contributed by atoms with Gasteiger partial charge in [0.1, 0.15) is 11.6 Å². The number of ether oxygens (including phenoxy) is 1. The van der Waals surface area contributed by atoms with E-state index in [2.05, 4.69) is 19.1 Å². The average Bonchev–Trinajstić information content (AvgIpc) is 2.87. The maximum atomic E-state index is 15.1. The van der Waals surface area contributed by atoms with E-state index >= 15 is 4.39 Å². The Balaban J connectivity index is 1.42. The van der Waals surface area contributed by atoms with Crippen molar-refractivity contribution in [1.29, 1.82) is 0 Å². The van der Waals surface area contributed by atoms with Crippen LogP contribution in [-0.2, 0) is 6.42 Å². The van der Waals surface area contributed by atoms with Crippen LogP contribution in [0, 0.1) is 35.2 Å². The maximum absolute atomic E-state index is 15.1. The Bertz CT molecular complexity index is 1140. The number of carbonyl (C=O) groups excluding carboxylic acids is 1. The fourth-order valence-electron chi connectivity index (χ4n) is 6.05. The zero-order valence-electron chi connectivity index (χ0n) is 21.1. The number of aryl methyl sites for hydroxylation is 1. The molecule has 5 heteroatoms. The fraction of sp³-hybridized carbons (Fsp3) is 0.452. The van der Waals surface area contributed by atoms with Crippen LogP contribution in [0.3, 0.4) is 0 Å². The van der Waals surface area contributed by atoms with Crippen LogP contribution in [0.1, 0.15) is 86.2 Å². The molecule has 0 N–H and O–H groups in total. The second-order valence-corrected chi connectivity index (χ2v) is 10.2. The predicted molar refractivity (Wildman–Crippen MR) is 137 cm³/mol. The third kappa shape index (κ3) is 5.93. The van der Waals surface area contributed by atoms with Gasteiger partial charge in [-0.3, -0.25) is 0 Å². The van der Waals surface area contributed by atoms with Crippen molar-refractivity contribution in [2.24, 2.45) is 17.8 Å². The first-order chi connectivity index (χ1) is 17.4. The highest BCUT2D eigenvalue weighted by atomic mass is 19.2. The summed E-state index contributed by atoms with van der Waals surface area (Å²) in [5, 5.41) is 0. The monoisotopic (exact) mass is 496 g/mol. The van der Waals surface area contributed by atoms with Gasteiger partial charge in [-0.25, -0.2) is 18.0 Å². The Hall–Kier alpha value is -2.82. The van der Waals surface area contributed by atoms with Gasteiger partial charge in [-0.2, -0.15) is 0 Å². The van der Waals surface area contributed by atoms with Crippen molar-refractivity contribution in [2.75, 3.05) is 0 Å². The average molecular weight is 497 g/mol. The predicted octanol–water partition coefficient (Wildman–Crippen LogP) is 8.71. The molecule has 4 atom stereocenters. The molecule has 2 aromatic rings. The van der Waals surface area contributed by atoms with E-state index in [1.807, 2.05) is 19.1 Å². The number of hydrogen-bond donors (Lipinski definition) is 0. The molecular formula is C31H35F3O2. The molecule has 2 saturated carbocycles. The van der Waals surface area contributed by atoms with E-state index in [9.17, 15) is 13.6 Å². The molecule has 4 rings (SSSR count). The first-order valence-corrected chi connectivity index (χ1v) is 13.1. The minimum absolute atomic E-state index is 0.0389. The van der Waals surface area contributed by atoms with Crippen LogP contribution in [0.5, 0.6) is 5.75 Å². The number of carbonyl (C=O) groups is 1. The highest BCUT2D eigenvalue weighted by molar-refractivity contribution is 5.91. The van der Waals surface area contributed by atoms with Gasteiger partial charge in [-0.1, -0.05) is 36.4 Å². The van der Waals surface area contributed by atoms with Crippen molar-refractivity contribution in [3.8, 4) is 5.75 Å². The lowest BCUT2D eigenvalue weighted by molar-refractivity contribution is 0.0728. The molecule has 0 amide bonds. The van der Waals surface area contributed by atoms with Gasteiger partial charge in [0.2, 0.25) is 0 Å². The van der Waals surface area contributed by atoms with Crippen LogP contribution in [0.25, 0.3) is 0 Å². The zero-order chi connectivity index (χ0) is 25.7. The molecule has 0 radical (unpaired) electrons. The topological polar surface area (TPSA) is 26.3 Å². The molecule has 2 aliphatic rings.